The highest BCUT2D eigenvalue weighted by atomic mass is 28.3. The topological polar surface area (TPSA) is 17.1 Å². The number of fused-ring (bicyclic) bond motifs is 1. The predicted molar refractivity (Wildman–Crippen MR) is 84.9 cm³/mol. The van der Waals surface area contributed by atoms with Crippen molar-refractivity contribution in [2.24, 2.45) is 0 Å². The molecule has 3 heteroatoms. The average Bonchev–Trinajstić information content (AvgIpc) is 2.56. The van der Waals surface area contributed by atoms with E-state index in [1.807, 2.05) is 0 Å². The van der Waals surface area contributed by atoms with Crippen molar-refractivity contribution in [2.45, 2.75) is 51.9 Å². The Kier molecular flexibility index (Phi) is 4.23. The van der Waals surface area contributed by atoms with Crippen molar-refractivity contribution in [1.82, 2.24) is 0 Å². The van der Waals surface area contributed by atoms with Crippen molar-refractivity contribution in [3.63, 3.8) is 0 Å². The number of rotatable bonds is 4. The lowest BCUT2D eigenvalue weighted by atomic mass is 10.0. The number of Topliss-reactive ketones (excluding diaryl/α,β-unsaturated/α-hetero) is 1. The number of ketones is 1. The van der Waals surface area contributed by atoms with Gasteiger partial charge in [0.05, 0.1) is 17.6 Å². The number of carbonyl (C=O) groups is 1. The van der Waals surface area contributed by atoms with Crippen LogP contribution in [0.4, 0.5) is 0 Å². The molecule has 0 aliphatic carbocycles. The van der Waals surface area contributed by atoms with Crippen LogP contribution in [0.25, 0.3) is 0 Å². The second-order valence-electron chi connectivity index (χ2n) is 5.91. The Balaban J connectivity index is 2.28. The molecule has 0 radical (unpaired) electrons. The lowest BCUT2D eigenvalue weighted by molar-refractivity contribution is -0.118. The summed E-state index contributed by atoms with van der Waals surface area (Å²) < 4.78 is 0. The summed E-state index contributed by atoms with van der Waals surface area (Å²) in [5, 5.41) is 3.39. The molecule has 0 fully saturated rings. The predicted octanol–water partition coefficient (Wildman–Crippen LogP) is 1.59. The zero-order chi connectivity index (χ0) is 13.3. The highest BCUT2D eigenvalue weighted by Crippen LogP contribution is 2.14. The normalized spacial score (nSPS) is 22.0. The lowest BCUT2D eigenvalue weighted by Crippen LogP contribution is -2.34. The Morgan fingerprint density at radius 3 is 2.44 bits per heavy atom. The van der Waals surface area contributed by atoms with Crippen LogP contribution in [0.2, 0.25) is 18.8 Å². The Labute approximate surface area is 114 Å². The van der Waals surface area contributed by atoms with E-state index in [-0.39, 0.29) is 0 Å². The van der Waals surface area contributed by atoms with E-state index in [2.05, 4.69) is 39.1 Å². The van der Waals surface area contributed by atoms with Gasteiger partial charge in [0.15, 0.2) is 0 Å². The monoisotopic (exact) mass is 276 g/mol. The molecular formula is C15H24OSi2. The summed E-state index contributed by atoms with van der Waals surface area (Å²) in [4.78, 5) is 11.8. The molecule has 1 aliphatic rings. The number of hydrogen-bond donors (Lipinski definition) is 0. The minimum Gasteiger partial charge on any atom is -0.299 e. The molecule has 0 saturated heterocycles. The van der Waals surface area contributed by atoms with Gasteiger partial charge in [-0.15, -0.1) is 0 Å². The Bertz CT molecular complexity index is 468. The summed E-state index contributed by atoms with van der Waals surface area (Å²) in [7, 11) is -1.29. The summed E-state index contributed by atoms with van der Waals surface area (Å²) in [6, 6.07) is 4.81. The second-order valence-corrected chi connectivity index (χ2v) is 12.6. The smallest absolute Gasteiger partial charge is 0.137 e. The van der Waals surface area contributed by atoms with Crippen molar-refractivity contribution in [3.05, 3.63) is 23.3 Å². The molecule has 2 unspecified atom stereocenters. The number of aryl methyl sites for hydroxylation is 1. The zero-order valence-electron chi connectivity index (χ0n) is 12.0. The Morgan fingerprint density at radius 1 is 1.22 bits per heavy atom. The van der Waals surface area contributed by atoms with Crippen LogP contribution in [-0.2, 0) is 11.2 Å². The summed E-state index contributed by atoms with van der Waals surface area (Å²) in [5.74, 6) is 0.401. The van der Waals surface area contributed by atoms with Gasteiger partial charge in [-0.2, -0.15) is 0 Å². The van der Waals surface area contributed by atoms with Gasteiger partial charge in [-0.1, -0.05) is 48.2 Å². The van der Waals surface area contributed by atoms with Gasteiger partial charge in [-0.05, 0) is 24.5 Å². The molecule has 1 aromatic carbocycles. The maximum atomic E-state index is 11.8. The maximum Gasteiger partial charge on any atom is 0.137 e. The van der Waals surface area contributed by atoms with E-state index < -0.39 is 17.6 Å². The van der Waals surface area contributed by atoms with E-state index in [1.54, 1.807) is 10.4 Å². The van der Waals surface area contributed by atoms with Gasteiger partial charge in [0.1, 0.15) is 5.78 Å². The van der Waals surface area contributed by atoms with Gasteiger partial charge in [-0.3, -0.25) is 4.79 Å². The molecule has 98 valence electrons. The van der Waals surface area contributed by atoms with Crippen LogP contribution in [0.15, 0.2) is 12.1 Å². The molecule has 1 heterocycles. The third kappa shape index (κ3) is 2.67. The summed E-state index contributed by atoms with van der Waals surface area (Å²) in [6.07, 6.45) is 2.36. The Morgan fingerprint density at radius 2 is 1.83 bits per heavy atom. The summed E-state index contributed by atoms with van der Waals surface area (Å²) in [6.45, 7) is 9.22. The van der Waals surface area contributed by atoms with Crippen LogP contribution >= 0.6 is 0 Å². The first kappa shape index (κ1) is 13.7. The molecule has 0 bridgehead atoms. The minimum absolute atomic E-state index is 0.401. The van der Waals surface area contributed by atoms with Crippen LogP contribution in [0.1, 0.15) is 30.9 Å². The van der Waals surface area contributed by atoms with E-state index in [4.69, 9.17) is 0 Å². The minimum atomic E-state index is -0.665. The molecule has 18 heavy (non-hydrogen) atoms. The molecule has 1 aromatic rings. The van der Waals surface area contributed by atoms with Crippen molar-refractivity contribution >= 4 is 33.8 Å². The third-order valence-electron chi connectivity index (χ3n) is 4.23. The van der Waals surface area contributed by atoms with Gasteiger partial charge in [-0.25, -0.2) is 0 Å². The largest absolute Gasteiger partial charge is 0.299 e. The molecule has 0 saturated carbocycles. The molecular weight excluding hydrogens is 252 g/mol. The molecule has 2 rings (SSSR count). The average molecular weight is 277 g/mol. The molecule has 1 aliphatic heterocycles. The fourth-order valence-electron chi connectivity index (χ4n) is 3.20. The van der Waals surface area contributed by atoms with E-state index in [0.29, 0.717) is 12.2 Å². The molecule has 1 nitrogen and oxygen atoms in total. The van der Waals surface area contributed by atoms with Crippen molar-refractivity contribution in [3.8, 4) is 0 Å². The number of carbonyl (C=O) groups excluding carboxylic acids is 1. The quantitative estimate of drug-likeness (QED) is 0.763. The summed E-state index contributed by atoms with van der Waals surface area (Å²) >= 11 is 0. The zero-order valence-corrected chi connectivity index (χ0v) is 14.4. The van der Waals surface area contributed by atoms with E-state index in [9.17, 15) is 4.79 Å². The maximum absolute atomic E-state index is 11.8. The summed E-state index contributed by atoms with van der Waals surface area (Å²) in [5.41, 5.74) is 4.18. The SMILES string of the molecule is CCCC(=O)Cc1cc2c(cc1C)[SiH](C)C[SiH]2C. The van der Waals surface area contributed by atoms with Crippen LogP contribution < -0.4 is 10.4 Å². The molecule has 0 amide bonds. The first-order chi connectivity index (χ1) is 8.52. The first-order valence-corrected chi connectivity index (χ1v) is 12.3. The van der Waals surface area contributed by atoms with Gasteiger partial charge >= 0.3 is 0 Å². The standard InChI is InChI=1S/C15H24OSi2/c1-5-6-13(16)8-12-9-15-14(7-11(12)2)17(3)10-18(15)4/h7,9,17-18H,5-6,8,10H2,1-4H3. The van der Waals surface area contributed by atoms with Crippen molar-refractivity contribution in [2.75, 3.05) is 0 Å². The van der Waals surface area contributed by atoms with Gasteiger partial charge in [0.2, 0.25) is 0 Å². The molecule has 0 N–H and O–H groups in total. The molecule has 0 spiro atoms. The fraction of sp³-hybridized carbons (Fsp3) is 0.533. The lowest BCUT2D eigenvalue weighted by Gasteiger charge is -2.12. The first-order valence-electron chi connectivity index (χ1n) is 7.18. The van der Waals surface area contributed by atoms with Crippen LogP contribution in [0.5, 0.6) is 0 Å². The number of hydrogen-bond acceptors (Lipinski definition) is 1. The van der Waals surface area contributed by atoms with Crippen LogP contribution in [-0.4, -0.2) is 23.4 Å². The van der Waals surface area contributed by atoms with E-state index >= 15 is 0 Å². The van der Waals surface area contributed by atoms with Gasteiger partial charge in [0, 0.05) is 12.8 Å². The van der Waals surface area contributed by atoms with Crippen LogP contribution in [0, 0.1) is 6.92 Å². The van der Waals surface area contributed by atoms with Gasteiger partial charge in [0.25, 0.3) is 0 Å². The highest BCUT2D eigenvalue weighted by molar-refractivity contribution is 6.98. The molecule has 2 atom stereocenters. The van der Waals surface area contributed by atoms with E-state index in [1.165, 1.54) is 16.8 Å². The van der Waals surface area contributed by atoms with Crippen LogP contribution in [0.3, 0.4) is 0 Å². The highest BCUT2D eigenvalue weighted by Gasteiger charge is 2.27. The Hall–Kier alpha value is -0.676. The number of benzene rings is 1. The van der Waals surface area contributed by atoms with Crippen molar-refractivity contribution < 1.29 is 4.79 Å². The fourth-order valence-corrected chi connectivity index (χ4v) is 13.5. The third-order valence-corrected chi connectivity index (χ3v) is 13.3. The molecule has 0 aromatic heterocycles. The van der Waals surface area contributed by atoms with Gasteiger partial charge < -0.3 is 0 Å². The van der Waals surface area contributed by atoms with Crippen molar-refractivity contribution in [1.29, 1.82) is 0 Å². The second kappa shape index (κ2) is 5.53. The van der Waals surface area contributed by atoms with E-state index in [0.717, 1.165) is 12.8 Å².